The second kappa shape index (κ2) is 6.01. The Hall–Kier alpha value is -1.87. The molecule has 0 amide bonds. The molecule has 1 N–H and O–H groups in total. The average Bonchev–Trinajstić information content (AvgIpc) is 2.38. The summed E-state index contributed by atoms with van der Waals surface area (Å²) in [5, 5.41) is 3.64. The summed E-state index contributed by atoms with van der Waals surface area (Å²) in [6.45, 7) is 0.672. The molecule has 0 saturated heterocycles. The summed E-state index contributed by atoms with van der Waals surface area (Å²) < 4.78 is 0. The highest BCUT2D eigenvalue weighted by atomic mass is 35.5. The molecule has 2 rings (SSSR count). The normalized spacial score (nSPS) is 10.6. The third kappa shape index (κ3) is 3.57. The van der Waals surface area contributed by atoms with E-state index in [1.807, 2.05) is 42.5 Å². The Balaban J connectivity index is 1.88. The maximum absolute atomic E-state index is 5.91. The average molecular weight is 246 g/mol. The monoisotopic (exact) mass is 245 g/mol. The molecule has 0 aliphatic heterocycles. The summed E-state index contributed by atoms with van der Waals surface area (Å²) in [6.07, 6.45) is 7.10. The Labute approximate surface area is 105 Å². The summed E-state index contributed by atoms with van der Waals surface area (Å²) in [5.74, 6) is 0.652. The molecule has 2 aromatic rings. The molecule has 0 unspecified atom stereocenters. The van der Waals surface area contributed by atoms with Crippen LogP contribution in [-0.2, 0) is 0 Å². The molecule has 1 aromatic heterocycles. The van der Waals surface area contributed by atoms with Crippen LogP contribution >= 0.6 is 11.6 Å². The van der Waals surface area contributed by atoms with Crippen molar-refractivity contribution in [2.45, 2.75) is 0 Å². The predicted molar refractivity (Wildman–Crippen MR) is 71.0 cm³/mol. The number of aromatic nitrogens is 2. The molecule has 0 bridgehead atoms. The Bertz CT molecular complexity index is 497. The summed E-state index contributed by atoms with van der Waals surface area (Å²) in [6, 6.07) is 10.1. The zero-order chi connectivity index (χ0) is 11.9. The molecule has 0 saturated carbocycles. The van der Waals surface area contributed by atoms with Crippen molar-refractivity contribution < 1.29 is 0 Å². The zero-order valence-corrected chi connectivity index (χ0v) is 9.93. The van der Waals surface area contributed by atoms with Crippen LogP contribution in [0.15, 0.2) is 48.9 Å². The van der Waals surface area contributed by atoms with Gasteiger partial charge in [0.05, 0.1) is 6.20 Å². The second-order valence-electron chi connectivity index (χ2n) is 3.41. The number of halogens is 1. The summed E-state index contributed by atoms with van der Waals surface area (Å²) in [4.78, 5) is 7.85. The van der Waals surface area contributed by atoms with Crippen LogP contribution < -0.4 is 5.32 Å². The Kier molecular flexibility index (Phi) is 4.11. The van der Waals surface area contributed by atoms with E-state index in [9.17, 15) is 0 Å². The maximum atomic E-state index is 5.91. The number of benzene rings is 1. The molecular formula is C13H12ClN3. The molecule has 0 aliphatic carbocycles. The molecule has 0 spiro atoms. The van der Waals surface area contributed by atoms with Crippen LogP contribution in [0.2, 0.25) is 5.02 Å². The fourth-order valence-corrected chi connectivity index (χ4v) is 1.53. The van der Waals surface area contributed by atoms with E-state index in [0.717, 1.165) is 0 Å². The van der Waals surface area contributed by atoms with Crippen molar-refractivity contribution >= 4 is 23.5 Å². The first-order valence-electron chi connectivity index (χ1n) is 5.27. The number of nitrogens with zero attached hydrogens (tertiary/aromatic N) is 2. The molecule has 0 radical (unpaired) electrons. The molecule has 3 nitrogen and oxygen atoms in total. The van der Waals surface area contributed by atoms with Crippen molar-refractivity contribution in [2.24, 2.45) is 0 Å². The van der Waals surface area contributed by atoms with Gasteiger partial charge in [0.25, 0.3) is 0 Å². The molecule has 1 heterocycles. The van der Waals surface area contributed by atoms with Crippen molar-refractivity contribution in [3.63, 3.8) is 0 Å². The van der Waals surface area contributed by atoms with E-state index in [2.05, 4.69) is 15.3 Å². The minimum atomic E-state index is 0.528. The van der Waals surface area contributed by atoms with Gasteiger partial charge in [-0.25, -0.2) is 9.97 Å². The van der Waals surface area contributed by atoms with E-state index in [1.165, 1.54) is 11.9 Å². The second-order valence-corrected chi connectivity index (χ2v) is 3.82. The number of hydrogen-bond donors (Lipinski definition) is 1. The van der Waals surface area contributed by atoms with Crippen LogP contribution in [0.25, 0.3) is 6.08 Å². The third-order valence-electron chi connectivity index (χ3n) is 2.16. The predicted octanol–water partition coefficient (Wildman–Crippen LogP) is 3.26. The third-order valence-corrected chi connectivity index (χ3v) is 2.44. The minimum absolute atomic E-state index is 0.528. The van der Waals surface area contributed by atoms with Gasteiger partial charge in [0.2, 0.25) is 0 Å². The van der Waals surface area contributed by atoms with Gasteiger partial charge >= 0.3 is 0 Å². The lowest BCUT2D eigenvalue weighted by Gasteiger charge is -2.02. The Morgan fingerprint density at radius 2 is 2.06 bits per heavy atom. The van der Waals surface area contributed by atoms with Crippen molar-refractivity contribution in [1.29, 1.82) is 0 Å². The van der Waals surface area contributed by atoms with Crippen LogP contribution in [0.1, 0.15) is 5.56 Å². The first kappa shape index (κ1) is 11.6. The Morgan fingerprint density at radius 3 is 2.82 bits per heavy atom. The fraction of sp³-hybridized carbons (Fsp3) is 0.0769. The molecule has 1 aromatic carbocycles. The first-order chi connectivity index (χ1) is 8.36. The lowest BCUT2D eigenvalue weighted by Crippen LogP contribution is -2.01. The highest BCUT2D eigenvalue weighted by Gasteiger charge is 1.97. The Morgan fingerprint density at radius 1 is 1.24 bits per heavy atom. The van der Waals surface area contributed by atoms with Crippen molar-refractivity contribution in [2.75, 3.05) is 11.9 Å². The smallest absolute Gasteiger partial charge is 0.148 e. The maximum Gasteiger partial charge on any atom is 0.148 e. The topological polar surface area (TPSA) is 37.8 Å². The van der Waals surface area contributed by atoms with Gasteiger partial charge in [-0.15, -0.1) is 0 Å². The largest absolute Gasteiger partial charge is 0.365 e. The van der Waals surface area contributed by atoms with Gasteiger partial charge < -0.3 is 5.32 Å². The van der Waals surface area contributed by atoms with E-state index in [-0.39, 0.29) is 0 Å². The quantitative estimate of drug-likeness (QED) is 0.899. The first-order valence-corrected chi connectivity index (χ1v) is 5.65. The van der Waals surface area contributed by atoms with Crippen LogP contribution in [-0.4, -0.2) is 16.5 Å². The molecule has 0 aliphatic rings. The van der Waals surface area contributed by atoms with Crippen LogP contribution in [0.3, 0.4) is 0 Å². The SMILES string of the molecule is Clc1cncnc1NC/C=C/c1ccccc1. The van der Waals surface area contributed by atoms with Crippen LogP contribution in [0, 0.1) is 0 Å². The number of rotatable bonds is 4. The van der Waals surface area contributed by atoms with Gasteiger partial charge in [-0.3, -0.25) is 0 Å². The number of anilines is 1. The zero-order valence-electron chi connectivity index (χ0n) is 9.18. The lowest BCUT2D eigenvalue weighted by atomic mass is 10.2. The van der Waals surface area contributed by atoms with Crippen molar-refractivity contribution in [3.05, 3.63) is 59.5 Å². The molecule has 17 heavy (non-hydrogen) atoms. The van der Waals surface area contributed by atoms with Crippen molar-refractivity contribution in [1.82, 2.24) is 9.97 Å². The van der Waals surface area contributed by atoms with E-state index in [1.54, 1.807) is 6.20 Å². The highest BCUT2D eigenvalue weighted by Crippen LogP contribution is 2.15. The summed E-state index contributed by atoms with van der Waals surface area (Å²) in [7, 11) is 0. The van der Waals surface area contributed by atoms with Crippen LogP contribution in [0.4, 0.5) is 5.82 Å². The van der Waals surface area contributed by atoms with E-state index in [4.69, 9.17) is 11.6 Å². The molecule has 4 heteroatoms. The standard InChI is InChI=1S/C13H12ClN3/c14-12-9-15-10-17-13(12)16-8-4-7-11-5-2-1-3-6-11/h1-7,9-10H,8H2,(H,15,16,17)/b7-4+. The fourth-order valence-electron chi connectivity index (χ4n) is 1.36. The summed E-state index contributed by atoms with van der Waals surface area (Å²) >= 11 is 5.91. The van der Waals surface area contributed by atoms with Crippen LogP contribution in [0.5, 0.6) is 0 Å². The van der Waals surface area contributed by atoms with Gasteiger partial charge in [0.1, 0.15) is 17.2 Å². The summed E-state index contributed by atoms with van der Waals surface area (Å²) in [5.41, 5.74) is 1.17. The van der Waals surface area contributed by atoms with Crippen molar-refractivity contribution in [3.8, 4) is 0 Å². The number of hydrogen-bond acceptors (Lipinski definition) is 3. The van der Waals surface area contributed by atoms with Gasteiger partial charge in [-0.1, -0.05) is 54.1 Å². The van der Waals surface area contributed by atoms with Gasteiger partial charge in [0, 0.05) is 6.54 Å². The van der Waals surface area contributed by atoms with Gasteiger partial charge in [-0.2, -0.15) is 0 Å². The van der Waals surface area contributed by atoms with Gasteiger partial charge in [-0.05, 0) is 5.56 Å². The van der Waals surface area contributed by atoms with E-state index >= 15 is 0 Å². The molecular weight excluding hydrogens is 234 g/mol. The van der Waals surface area contributed by atoms with E-state index in [0.29, 0.717) is 17.4 Å². The lowest BCUT2D eigenvalue weighted by molar-refractivity contribution is 1.14. The molecule has 0 atom stereocenters. The molecule has 0 fully saturated rings. The minimum Gasteiger partial charge on any atom is -0.365 e. The highest BCUT2D eigenvalue weighted by molar-refractivity contribution is 6.32. The molecule has 86 valence electrons. The van der Waals surface area contributed by atoms with E-state index < -0.39 is 0 Å². The number of nitrogens with one attached hydrogen (secondary N) is 1. The van der Waals surface area contributed by atoms with Gasteiger partial charge in [0.15, 0.2) is 0 Å².